The molecule has 2 atom stereocenters. The van der Waals surface area contributed by atoms with Gasteiger partial charge in [0.05, 0.1) is 0 Å². The van der Waals surface area contributed by atoms with Gasteiger partial charge in [-0.1, -0.05) is 77.3 Å². The van der Waals surface area contributed by atoms with Gasteiger partial charge in [-0.3, -0.25) is 0 Å². The van der Waals surface area contributed by atoms with Crippen molar-refractivity contribution in [3.8, 4) is 0 Å². The highest BCUT2D eigenvalue weighted by atomic mass is 15.0. The molecule has 0 saturated carbocycles. The molecule has 0 aliphatic heterocycles. The van der Waals surface area contributed by atoms with Crippen molar-refractivity contribution in [2.75, 3.05) is 0 Å². The van der Waals surface area contributed by atoms with E-state index in [1.54, 1.807) is 0 Å². The summed E-state index contributed by atoms with van der Waals surface area (Å²) in [7, 11) is 0. The van der Waals surface area contributed by atoms with Crippen molar-refractivity contribution in [2.45, 2.75) is 71.9 Å². The SMILES string of the molecule is CCCCCC(NC(CC)C(C)C)c1ccccc1. The molecule has 0 aliphatic carbocycles. The summed E-state index contributed by atoms with van der Waals surface area (Å²) in [6.45, 7) is 9.18. The normalized spacial score (nSPS) is 14.6. The molecule has 0 aromatic heterocycles. The molecule has 1 aromatic rings. The highest BCUT2D eigenvalue weighted by Crippen LogP contribution is 2.22. The molecule has 19 heavy (non-hydrogen) atoms. The minimum Gasteiger partial charge on any atom is -0.307 e. The Bertz CT molecular complexity index is 318. The van der Waals surface area contributed by atoms with Gasteiger partial charge in [0.1, 0.15) is 0 Å². The molecule has 0 fully saturated rings. The Morgan fingerprint density at radius 3 is 2.21 bits per heavy atom. The molecule has 1 heteroatoms. The zero-order valence-electron chi connectivity index (χ0n) is 13.2. The number of benzene rings is 1. The molecule has 0 saturated heterocycles. The maximum absolute atomic E-state index is 3.88. The number of unbranched alkanes of at least 4 members (excludes halogenated alkanes) is 2. The van der Waals surface area contributed by atoms with Gasteiger partial charge in [0.2, 0.25) is 0 Å². The first-order valence-electron chi connectivity index (χ1n) is 8.00. The molecule has 1 nitrogen and oxygen atoms in total. The second kappa shape index (κ2) is 9.14. The zero-order valence-corrected chi connectivity index (χ0v) is 13.2. The Balaban J connectivity index is 2.69. The fourth-order valence-electron chi connectivity index (χ4n) is 2.67. The van der Waals surface area contributed by atoms with Crippen LogP contribution in [-0.2, 0) is 0 Å². The van der Waals surface area contributed by atoms with Gasteiger partial charge in [0, 0.05) is 12.1 Å². The van der Waals surface area contributed by atoms with Crippen molar-refractivity contribution in [1.29, 1.82) is 0 Å². The summed E-state index contributed by atoms with van der Waals surface area (Å²) in [4.78, 5) is 0. The number of hydrogen-bond donors (Lipinski definition) is 1. The lowest BCUT2D eigenvalue weighted by Gasteiger charge is -2.28. The van der Waals surface area contributed by atoms with Gasteiger partial charge in [-0.05, 0) is 24.3 Å². The summed E-state index contributed by atoms with van der Waals surface area (Å²) < 4.78 is 0. The number of rotatable bonds is 9. The minimum absolute atomic E-state index is 0.514. The second-order valence-corrected chi connectivity index (χ2v) is 5.88. The lowest BCUT2D eigenvalue weighted by molar-refractivity contribution is 0.331. The Morgan fingerprint density at radius 1 is 1.00 bits per heavy atom. The van der Waals surface area contributed by atoms with Crippen LogP contribution in [0.1, 0.15) is 71.4 Å². The molecule has 1 rings (SSSR count). The molecule has 0 radical (unpaired) electrons. The van der Waals surface area contributed by atoms with E-state index < -0.39 is 0 Å². The lowest BCUT2D eigenvalue weighted by Crippen LogP contribution is -2.36. The summed E-state index contributed by atoms with van der Waals surface area (Å²) in [6, 6.07) is 12.1. The van der Waals surface area contributed by atoms with Crippen LogP contribution in [0.25, 0.3) is 0 Å². The average Bonchev–Trinajstić information content (AvgIpc) is 2.43. The molecule has 108 valence electrons. The van der Waals surface area contributed by atoms with Crippen molar-refractivity contribution in [3.05, 3.63) is 35.9 Å². The van der Waals surface area contributed by atoms with E-state index in [4.69, 9.17) is 0 Å². The third-order valence-electron chi connectivity index (χ3n) is 3.96. The van der Waals surface area contributed by atoms with E-state index in [1.165, 1.54) is 37.7 Å². The maximum atomic E-state index is 3.88. The van der Waals surface area contributed by atoms with E-state index in [0.717, 1.165) is 0 Å². The predicted molar refractivity (Wildman–Crippen MR) is 85.4 cm³/mol. The van der Waals surface area contributed by atoms with Gasteiger partial charge in [0.25, 0.3) is 0 Å². The number of hydrogen-bond acceptors (Lipinski definition) is 1. The minimum atomic E-state index is 0.514. The van der Waals surface area contributed by atoms with E-state index in [1.807, 2.05) is 0 Å². The van der Waals surface area contributed by atoms with Crippen LogP contribution < -0.4 is 5.32 Å². The largest absolute Gasteiger partial charge is 0.307 e. The standard InChI is InChI=1S/C18H31N/c1-5-7-9-14-18(16-12-10-8-11-13-16)19-17(6-2)15(3)4/h8,10-13,15,17-19H,5-7,9,14H2,1-4H3. The smallest absolute Gasteiger partial charge is 0.0322 e. The van der Waals surface area contributed by atoms with E-state index in [0.29, 0.717) is 18.0 Å². The number of nitrogens with one attached hydrogen (secondary N) is 1. The summed E-state index contributed by atoms with van der Waals surface area (Å²) in [5, 5.41) is 3.88. The first-order chi connectivity index (χ1) is 9.19. The molecule has 1 N–H and O–H groups in total. The van der Waals surface area contributed by atoms with Gasteiger partial charge in [-0.15, -0.1) is 0 Å². The molecular formula is C18H31N. The van der Waals surface area contributed by atoms with E-state index in [-0.39, 0.29) is 0 Å². The van der Waals surface area contributed by atoms with Crippen LogP contribution in [0.3, 0.4) is 0 Å². The van der Waals surface area contributed by atoms with E-state index in [2.05, 4.69) is 63.3 Å². The molecule has 0 bridgehead atoms. The van der Waals surface area contributed by atoms with Crippen LogP contribution in [0.15, 0.2) is 30.3 Å². The lowest BCUT2D eigenvalue weighted by atomic mass is 9.95. The van der Waals surface area contributed by atoms with Crippen molar-refractivity contribution in [2.24, 2.45) is 5.92 Å². The summed E-state index contributed by atoms with van der Waals surface area (Å²) in [5.74, 6) is 0.697. The van der Waals surface area contributed by atoms with E-state index in [9.17, 15) is 0 Å². The fraction of sp³-hybridized carbons (Fsp3) is 0.667. The molecular weight excluding hydrogens is 230 g/mol. The Kier molecular flexibility index (Phi) is 7.81. The summed E-state index contributed by atoms with van der Waals surface area (Å²) in [6.07, 6.45) is 6.40. The molecule has 0 aliphatic rings. The highest BCUT2D eigenvalue weighted by molar-refractivity contribution is 5.19. The molecule has 2 unspecified atom stereocenters. The third kappa shape index (κ3) is 5.78. The maximum Gasteiger partial charge on any atom is 0.0322 e. The van der Waals surface area contributed by atoms with Crippen LogP contribution in [0.5, 0.6) is 0 Å². The van der Waals surface area contributed by atoms with Crippen LogP contribution in [0.4, 0.5) is 0 Å². The fourth-order valence-corrected chi connectivity index (χ4v) is 2.67. The van der Waals surface area contributed by atoms with Gasteiger partial charge in [-0.25, -0.2) is 0 Å². The Morgan fingerprint density at radius 2 is 1.68 bits per heavy atom. The zero-order chi connectivity index (χ0) is 14.1. The highest BCUT2D eigenvalue weighted by Gasteiger charge is 2.17. The third-order valence-corrected chi connectivity index (χ3v) is 3.96. The van der Waals surface area contributed by atoms with Crippen molar-refractivity contribution in [1.82, 2.24) is 5.32 Å². The monoisotopic (exact) mass is 261 g/mol. The van der Waals surface area contributed by atoms with Crippen molar-refractivity contribution >= 4 is 0 Å². The summed E-state index contributed by atoms with van der Waals surface area (Å²) >= 11 is 0. The van der Waals surface area contributed by atoms with Crippen molar-refractivity contribution in [3.63, 3.8) is 0 Å². The summed E-state index contributed by atoms with van der Waals surface area (Å²) in [5.41, 5.74) is 1.44. The Labute approximate surface area is 119 Å². The van der Waals surface area contributed by atoms with Crippen LogP contribution in [0.2, 0.25) is 0 Å². The molecule has 1 aromatic carbocycles. The topological polar surface area (TPSA) is 12.0 Å². The van der Waals surface area contributed by atoms with Gasteiger partial charge in [-0.2, -0.15) is 0 Å². The van der Waals surface area contributed by atoms with Gasteiger partial charge in [0.15, 0.2) is 0 Å². The van der Waals surface area contributed by atoms with Crippen molar-refractivity contribution < 1.29 is 0 Å². The second-order valence-electron chi connectivity index (χ2n) is 5.88. The first kappa shape index (κ1) is 16.2. The first-order valence-corrected chi connectivity index (χ1v) is 8.00. The van der Waals surface area contributed by atoms with Crippen LogP contribution >= 0.6 is 0 Å². The van der Waals surface area contributed by atoms with Gasteiger partial charge < -0.3 is 5.32 Å². The molecule has 0 heterocycles. The van der Waals surface area contributed by atoms with E-state index >= 15 is 0 Å². The average molecular weight is 261 g/mol. The molecule has 0 amide bonds. The predicted octanol–water partition coefficient (Wildman–Crippen LogP) is 5.33. The quantitative estimate of drug-likeness (QED) is 0.592. The molecule has 0 spiro atoms. The Hall–Kier alpha value is -0.820. The van der Waals surface area contributed by atoms with Crippen LogP contribution in [-0.4, -0.2) is 6.04 Å². The van der Waals surface area contributed by atoms with Gasteiger partial charge >= 0.3 is 0 Å². The van der Waals surface area contributed by atoms with Crippen LogP contribution in [0, 0.1) is 5.92 Å².